The molecule has 1 unspecified atom stereocenters. The fraction of sp³-hybridized carbons (Fsp3) is 0.545. The maximum absolute atomic E-state index is 8.65. The largest absolute Gasteiger partial charge is 0.409 e. The first kappa shape index (κ1) is 12.6. The van der Waals surface area contributed by atoms with E-state index in [1.165, 1.54) is 0 Å². The van der Waals surface area contributed by atoms with Crippen LogP contribution in [0.4, 0.5) is 5.95 Å². The summed E-state index contributed by atoms with van der Waals surface area (Å²) in [7, 11) is 2.11. The van der Waals surface area contributed by atoms with Crippen LogP contribution >= 0.6 is 0 Å². The van der Waals surface area contributed by atoms with Crippen molar-refractivity contribution < 1.29 is 5.21 Å². The zero-order valence-electron chi connectivity index (χ0n) is 10.6. The van der Waals surface area contributed by atoms with Crippen LogP contribution in [0.1, 0.15) is 12.6 Å². The Morgan fingerprint density at radius 3 is 3.00 bits per heavy atom. The summed E-state index contributed by atoms with van der Waals surface area (Å²) in [6.07, 6.45) is 1.62. The van der Waals surface area contributed by atoms with Crippen LogP contribution in [0, 0.1) is 0 Å². The lowest BCUT2D eigenvalue weighted by atomic mass is 10.2. The number of nitrogens with two attached hydrogens (primary N) is 1. The summed E-state index contributed by atoms with van der Waals surface area (Å²) in [6.45, 7) is 4.88. The predicted octanol–water partition coefficient (Wildman–Crippen LogP) is -0.289. The van der Waals surface area contributed by atoms with Crippen LogP contribution in [0.15, 0.2) is 17.4 Å². The summed E-state index contributed by atoms with van der Waals surface area (Å²) >= 11 is 0. The number of hydrogen-bond donors (Lipinski definition) is 2. The van der Waals surface area contributed by atoms with Gasteiger partial charge in [0.25, 0.3) is 0 Å². The first-order chi connectivity index (χ1) is 8.61. The summed E-state index contributed by atoms with van der Waals surface area (Å²) < 4.78 is 0. The molecule has 18 heavy (non-hydrogen) atoms. The van der Waals surface area contributed by atoms with Crippen LogP contribution in [0.2, 0.25) is 0 Å². The second-order valence-corrected chi connectivity index (χ2v) is 4.50. The smallest absolute Gasteiger partial charge is 0.226 e. The fourth-order valence-electron chi connectivity index (χ4n) is 1.92. The lowest BCUT2D eigenvalue weighted by Crippen LogP contribution is -2.50. The number of aromatic nitrogens is 2. The van der Waals surface area contributed by atoms with E-state index in [0.717, 1.165) is 19.6 Å². The van der Waals surface area contributed by atoms with Gasteiger partial charge in [-0.2, -0.15) is 0 Å². The Bertz CT molecular complexity index is 449. The lowest BCUT2D eigenvalue weighted by Gasteiger charge is -2.37. The van der Waals surface area contributed by atoms with E-state index >= 15 is 0 Å². The maximum Gasteiger partial charge on any atom is 0.226 e. The molecule has 0 radical (unpaired) electrons. The number of oxime groups is 1. The molecule has 98 valence electrons. The van der Waals surface area contributed by atoms with Gasteiger partial charge in [-0.05, 0) is 20.0 Å². The van der Waals surface area contributed by atoms with Gasteiger partial charge in [0.05, 0.1) is 0 Å². The zero-order chi connectivity index (χ0) is 13.1. The first-order valence-electron chi connectivity index (χ1n) is 5.88. The SMILES string of the molecule is CC1CN(c2nccc(/C(N)=N/O)n2)CCN1C. The van der Waals surface area contributed by atoms with Crippen molar-refractivity contribution in [2.75, 3.05) is 31.6 Å². The van der Waals surface area contributed by atoms with E-state index in [1.807, 2.05) is 0 Å². The van der Waals surface area contributed by atoms with Crippen LogP contribution < -0.4 is 10.6 Å². The molecule has 0 saturated carbocycles. The van der Waals surface area contributed by atoms with Crippen LogP contribution in [-0.4, -0.2) is 58.6 Å². The molecule has 1 fully saturated rings. The molecule has 1 saturated heterocycles. The third-order valence-corrected chi connectivity index (χ3v) is 3.26. The highest BCUT2D eigenvalue weighted by atomic mass is 16.4. The van der Waals surface area contributed by atoms with Crippen molar-refractivity contribution in [3.63, 3.8) is 0 Å². The summed E-state index contributed by atoms with van der Waals surface area (Å²) in [5.74, 6) is 0.625. The highest BCUT2D eigenvalue weighted by Crippen LogP contribution is 2.13. The van der Waals surface area contributed by atoms with Crippen LogP contribution in [-0.2, 0) is 0 Å². The average molecular weight is 250 g/mol. The Kier molecular flexibility index (Phi) is 3.61. The van der Waals surface area contributed by atoms with Gasteiger partial charge in [0.2, 0.25) is 5.95 Å². The molecule has 0 bridgehead atoms. The summed E-state index contributed by atoms with van der Waals surface area (Å²) in [4.78, 5) is 13.0. The van der Waals surface area contributed by atoms with E-state index in [-0.39, 0.29) is 5.84 Å². The van der Waals surface area contributed by atoms with Gasteiger partial charge in [-0.3, -0.25) is 0 Å². The number of anilines is 1. The molecular weight excluding hydrogens is 232 g/mol. The molecule has 2 rings (SSSR count). The van der Waals surface area contributed by atoms with E-state index in [2.05, 4.69) is 38.9 Å². The number of nitrogens with zero attached hydrogens (tertiary/aromatic N) is 5. The van der Waals surface area contributed by atoms with Gasteiger partial charge < -0.3 is 20.7 Å². The molecule has 0 aromatic carbocycles. The molecule has 0 aliphatic carbocycles. The van der Waals surface area contributed by atoms with Gasteiger partial charge in [-0.25, -0.2) is 9.97 Å². The fourth-order valence-corrected chi connectivity index (χ4v) is 1.92. The number of hydrogen-bond acceptors (Lipinski definition) is 6. The first-order valence-corrected chi connectivity index (χ1v) is 5.88. The Morgan fingerprint density at radius 2 is 2.33 bits per heavy atom. The number of piperazine rings is 1. The van der Waals surface area contributed by atoms with E-state index in [4.69, 9.17) is 10.9 Å². The molecule has 7 heteroatoms. The minimum absolute atomic E-state index is 0.000765. The summed E-state index contributed by atoms with van der Waals surface area (Å²) in [5.41, 5.74) is 5.96. The Morgan fingerprint density at radius 1 is 1.56 bits per heavy atom. The topological polar surface area (TPSA) is 90.9 Å². The molecule has 1 aromatic heterocycles. The molecule has 2 heterocycles. The summed E-state index contributed by atoms with van der Waals surface area (Å²) in [5, 5.41) is 11.6. The molecule has 1 aliphatic heterocycles. The third kappa shape index (κ3) is 2.51. The number of likely N-dealkylation sites (N-methyl/N-ethyl adjacent to an activating group) is 1. The van der Waals surface area contributed by atoms with Crippen LogP contribution in [0.5, 0.6) is 0 Å². The predicted molar refractivity (Wildman–Crippen MR) is 68.8 cm³/mol. The monoisotopic (exact) mass is 250 g/mol. The highest BCUT2D eigenvalue weighted by Gasteiger charge is 2.22. The number of amidine groups is 1. The van der Waals surface area contributed by atoms with Crippen molar-refractivity contribution in [1.29, 1.82) is 0 Å². The van der Waals surface area contributed by atoms with Gasteiger partial charge in [0, 0.05) is 31.9 Å². The molecule has 1 atom stereocenters. The van der Waals surface area contributed by atoms with Gasteiger partial charge in [0.15, 0.2) is 5.84 Å². The van der Waals surface area contributed by atoms with E-state index in [1.54, 1.807) is 12.3 Å². The zero-order valence-corrected chi connectivity index (χ0v) is 10.6. The van der Waals surface area contributed by atoms with Crippen molar-refractivity contribution in [2.45, 2.75) is 13.0 Å². The van der Waals surface area contributed by atoms with Crippen LogP contribution in [0.25, 0.3) is 0 Å². The minimum atomic E-state index is 0.000765. The molecule has 7 nitrogen and oxygen atoms in total. The molecule has 1 aliphatic rings. The van der Waals surface area contributed by atoms with Gasteiger partial charge in [-0.1, -0.05) is 5.16 Å². The standard InChI is InChI=1S/C11H18N6O/c1-8-7-17(6-5-16(8)2)11-13-4-3-9(14-11)10(12)15-18/h3-4,8,18H,5-7H2,1-2H3,(H2,12,15). The maximum atomic E-state index is 8.65. The normalized spacial score (nSPS) is 22.2. The van der Waals surface area contributed by atoms with Crippen LogP contribution in [0.3, 0.4) is 0 Å². The van der Waals surface area contributed by atoms with Crippen molar-refractivity contribution >= 4 is 11.8 Å². The van der Waals surface area contributed by atoms with E-state index in [0.29, 0.717) is 17.7 Å². The molecule has 3 N–H and O–H groups in total. The van der Waals surface area contributed by atoms with Gasteiger partial charge in [-0.15, -0.1) is 0 Å². The van der Waals surface area contributed by atoms with Crippen molar-refractivity contribution in [3.05, 3.63) is 18.0 Å². The molecule has 0 spiro atoms. The van der Waals surface area contributed by atoms with Gasteiger partial charge >= 0.3 is 0 Å². The Balaban J connectivity index is 2.19. The molecular formula is C11H18N6O. The lowest BCUT2D eigenvalue weighted by molar-refractivity contribution is 0.233. The van der Waals surface area contributed by atoms with E-state index in [9.17, 15) is 0 Å². The average Bonchev–Trinajstić information content (AvgIpc) is 2.41. The van der Waals surface area contributed by atoms with E-state index < -0.39 is 0 Å². The van der Waals surface area contributed by atoms with Crippen molar-refractivity contribution in [3.8, 4) is 0 Å². The molecule has 0 amide bonds. The Labute approximate surface area is 106 Å². The Hall–Kier alpha value is -1.89. The minimum Gasteiger partial charge on any atom is -0.409 e. The van der Waals surface area contributed by atoms with Crippen molar-refractivity contribution in [1.82, 2.24) is 14.9 Å². The third-order valence-electron chi connectivity index (χ3n) is 3.26. The second-order valence-electron chi connectivity index (χ2n) is 4.50. The highest BCUT2D eigenvalue weighted by molar-refractivity contribution is 5.95. The summed E-state index contributed by atoms with van der Waals surface area (Å²) in [6, 6.07) is 2.08. The molecule has 1 aromatic rings. The quantitative estimate of drug-likeness (QED) is 0.324. The van der Waals surface area contributed by atoms with Crippen molar-refractivity contribution in [2.24, 2.45) is 10.9 Å². The van der Waals surface area contributed by atoms with Gasteiger partial charge in [0.1, 0.15) is 5.69 Å². The number of rotatable bonds is 2. The second kappa shape index (κ2) is 5.18.